The number of likely N-dealkylation sites (N-methyl/N-ethyl adjacent to an activating group) is 1. The third-order valence-corrected chi connectivity index (χ3v) is 8.20. The molecule has 1 aromatic heterocycles. The van der Waals surface area contributed by atoms with E-state index >= 15 is 0 Å². The SMILES string of the molecule is CNS(=O)(=O)c1sc(N(CCN(C)C)C(=O)Nc2ccc(N3CCOCC3)cc2)nc1C. The Morgan fingerprint density at radius 3 is 2.44 bits per heavy atom. The Labute approximate surface area is 193 Å². The quantitative estimate of drug-likeness (QED) is 0.591. The number of urea groups is 1. The average Bonchev–Trinajstić information content (AvgIpc) is 3.17. The fourth-order valence-corrected chi connectivity index (χ4v) is 5.54. The highest BCUT2D eigenvalue weighted by molar-refractivity contribution is 7.91. The summed E-state index contributed by atoms with van der Waals surface area (Å²) < 4.78 is 32.3. The van der Waals surface area contributed by atoms with Crippen LogP contribution in [0.5, 0.6) is 0 Å². The smallest absolute Gasteiger partial charge is 0.328 e. The van der Waals surface area contributed by atoms with Crippen molar-refractivity contribution in [2.75, 3.05) is 75.7 Å². The monoisotopic (exact) mass is 482 g/mol. The van der Waals surface area contributed by atoms with Crippen molar-refractivity contribution in [1.29, 1.82) is 0 Å². The molecule has 0 unspecified atom stereocenters. The van der Waals surface area contributed by atoms with Crippen LogP contribution < -0.4 is 19.8 Å². The molecule has 2 amide bonds. The van der Waals surface area contributed by atoms with Crippen LogP contribution in [0.2, 0.25) is 0 Å². The summed E-state index contributed by atoms with van der Waals surface area (Å²) in [5.74, 6) is 0. The normalized spacial score (nSPS) is 14.6. The molecular weight excluding hydrogens is 452 g/mol. The number of anilines is 3. The molecule has 10 nitrogen and oxygen atoms in total. The first-order valence-corrected chi connectivity index (χ1v) is 12.6. The highest BCUT2D eigenvalue weighted by Crippen LogP contribution is 2.30. The molecule has 32 heavy (non-hydrogen) atoms. The maximum absolute atomic E-state index is 13.1. The van der Waals surface area contributed by atoms with Crippen LogP contribution >= 0.6 is 11.3 Å². The summed E-state index contributed by atoms with van der Waals surface area (Å²) in [4.78, 5) is 23.2. The number of nitrogens with zero attached hydrogens (tertiary/aromatic N) is 4. The van der Waals surface area contributed by atoms with Gasteiger partial charge in [0.25, 0.3) is 10.0 Å². The van der Waals surface area contributed by atoms with Crippen molar-refractivity contribution in [3.8, 4) is 0 Å². The van der Waals surface area contributed by atoms with Crippen molar-refractivity contribution in [1.82, 2.24) is 14.6 Å². The van der Waals surface area contributed by atoms with E-state index in [2.05, 4.69) is 19.9 Å². The molecule has 2 aromatic rings. The number of carbonyl (C=O) groups is 1. The Kier molecular flexibility index (Phi) is 8.06. The summed E-state index contributed by atoms with van der Waals surface area (Å²) in [5, 5.41) is 3.24. The molecule has 2 N–H and O–H groups in total. The predicted molar refractivity (Wildman–Crippen MR) is 127 cm³/mol. The van der Waals surface area contributed by atoms with Gasteiger partial charge in [0.2, 0.25) is 0 Å². The standard InChI is InChI=1S/C20H30N6O4S2/c1-15-18(32(28,29)21-2)31-20(22-15)26(10-9-24(3)4)19(27)23-16-5-7-17(8-6-16)25-11-13-30-14-12-25/h5-8,21H,9-14H2,1-4H3,(H,23,27). The molecule has 12 heteroatoms. The number of ether oxygens (including phenoxy) is 1. The number of morpholine rings is 1. The van der Waals surface area contributed by atoms with Gasteiger partial charge in [-0.05, 0) is 52.3 Å². The van der Waals surface area contributed by atoms with E-state index in [9.17, 15) is 13.2 Å². The minimum absolute atomic E-state index is 0.104. The Balaban J connectivity index is 1.78. The summed E-state index contributed by atoms with van der Waals surface area (Å²) in [6, 6.07) is 7.29. The lowest BCUT2D eigenvalue weighted by atomic mass is 10.2. The molecule has 2 heterocycles. The van der Waals surface area contributed by atoms with Gasteiger partial charge in [0.1, 0.15) is 0 Å². The molecule has 176 valence electrons. The van der Waals surface area contributed by atoms with Gasteiger partial charge in [-0.1, -0.05) is 11.3 Å². The Morgan fingerprint density at radius 1 is 1.19 bits per heavy atom. The van der Waals surface area contributed by atoms with Crippen LogP contribution in [-0.2, 0) is 14.8 Å². The third-order valence-electron chi connectivity index (χ3n) is 5.00. The summed E-state index contributed by atoms with van der Waals surface area (Å²) >= 11 is 0.977. The fraction of sp³-hybridized carbons (Fsp3) is 0.500. The van der Waals surface area contributed by atoms with E-state index in [0.717, 1.165) is 30.1 Å². The summed E-state index contributed by atoms with van der Waals surface area (Å²) in [6.45, 7) is 5.66. The topological polar surface area (TPSA) is 107 Å². The van der Waals surface area contributed by atoms with Crippen molar-refractivity contribution in [2.45, 2.75) is 11.1 Å². The first kappa shape index (κ1) is 24.4. The van der Waals surface area contributed by atoms with Gasteiger partial charge in [-0.15, -0.1) is 0 Å². The molecular formula is C20H30N6O4S2. The van der Waals surface area contributed by atoms with E-state index in [-0.39, 0.29) is 10.2 Å². The zero-order valence-corrected chi connectivity index (χ0v) is 20.4. The maximum Gasteiger partial charge on any atom is 0.328 e. The van der Waals surface area contributed by atoms with E-state index < -0.39 is 10.0 Å². The number of aromatic nitrogens is 1. The van der Waals surface area contributed by atoms with E-state index in [1.54, 1.807) is 6.92 Å². The van der Waals surface area contributed by atoms with Gasteiger partial charge in [0, 0.05) is 37.6 Å². The number of hydrogen-bond donors (Lipinski definition) is 2. The number of aryl methyl sites for hydroxylation is 1. The van der Waals surface area contributed by atoms with Gasteiger partial charge in [0.15, 0.2) is 9.34 Å². The van der Waals surface area contributed by atoms with Gasteiger partial charge >= 0.3 is 6.03 Å². The number of thiazole rings is 1. The number of carbonyl (C=O) groups excluding carboxylic acids is 1. The van der Waals surface area contributed by atoms with Crippen LogP contribution in [0.4, 0.5) is 21.3 Å². The highest BCUT2D eigenvalue weighted by atomic mass is 32.2. The largest absolute Gasteiger partial charge is 0.378 e. The molecule has 0 radical (unpaired) electrons. The van der Waals surface area contributed by atoms with Crippen molar-refractivity contribution >= 4 is 43.9 Å². The van der Waals surface area contributed by atoms with E-state index in [0.29, 0.717) is 42.8 Å². The zero-order valence-electron chi connectivity index (χ0n) is 18.8. The highest BCUT2D eigenvalue weighted by Gasteiger charge is 2.26. The first-order chi connectivity index (χ1) is 15.2. The minimum Gasteiger partial charge on any atom is -0.378 e. The Hall–Kier alpha value is -2.25. The van der Waals surface area contributed by atoms with Gasteiger partial charge in [-0.3, -0.25) is 4.90 Å². The van der Waals surface area contributed by atoms with Crippen LogP contribution in [-0.4, -0.2) is 84.9 Å². The molecule has 1 saturated heterocycles. The number of benzene rings is 1. The Bertz CT molecular complexity index is 1020. The second kappa shape index (κ2) is 10.6. The first-order valence-electron chi connectivity index (χ1n) is 10.3. The molecule has 1 aliphatic heterocycles. The van der Waals surface area contributed by atoms with Crippen LogP contribution in [0.15, 0.2) is 28.5 Å². The fourth-order valence-electron chi connectivity index (χ4n) is 3.18. The third kappa shape index (κ3) is 5.95. The van der Waals surface area contributed by atoms with Gasteiger partial charge in [-0.2, -0.15) is 0 Å². The summed E-state index contributed by atoms with van der Waals surface area (Å²) in [6.07, 6.45) is 0. The second-order valence-electron chi connectivity index (χ2n) is 7.61. The van der Waals surface area contributed by atoms with Crippen LogP contribution in [0.3, 0.4) is 0 Å². The number of rotatable bonds is 8. The van der Waals surface area contributed by atoms with Crippen LogP contribution in [0.25, 0.3) is 0 Å². The Morgan fingerprint density at radius 2 is 1.84 bits per heavy atom. The average molecular weight is 483 g/mol. The van der Waals surface area contributed by atoms with Gasteiger partial charge in [0.05, 0.1) is 18.9 Å². The number of hydrogen-bond acceptors (Lipinski definition) is 8. The number of amides is 2. The van der Waals surface area contributed by atoms with E-state index in [4.69, 9.17) is 4.74 Å². The maximum atomic E-state index is 13.1. The summed E-state index contributed by atoms with van der Waals surface area (Å²) in [5.41, 5.74) is 2.09. The molecule has 0 saturated carbocycles. The molecule has 3 rings (SSSR count). The number of sulfonamides is 1. The lowest BCUT2D eigenvalue weighted by Gasteiger charge is -2.29. The van der Waals surface area contributed by atoms with Crippen molar-refractivity contribution in [3.63, 3.8) is 0 Å². The van der Waals surface area contributed by atoms with Crippen LogP contribution in [0, 0.1) is 6.92 Å². The predicted octanol–water partition coefficient (Wildman–Crippen LogP) is 1.80. The lowest BCUT2D eigenvalue weighted by Crippen LogP contribution is -2.39. The molecule has 1 fully saturated rings. The molecule has 1 aromatic carbocycles. The molecule has 0 bridgehead atoms. The van der Waals surface area contributed by atoms with Crippen molar-refractivity contribution < 1.29 is 17.9 Å². The van der Waals surface area contributed by atoms with Gasteiger partial charge in [-0.25, -0.2) is 22.9 Å². The number of nitrogens with one attached hydrogen (secondary N) is 2. The zero-order chi connectivity index (χ0) is 23.3. The van der Waals surface area contributed by atoms with E-state index in [1.807, 2.05) is 43.3 Å². The van der Waals surface area contributed by atoms with Crippen LogP contribution in [0.1, 0.15) is 5.69 Å². The summed E-state index contributed by atoms with van der Waals surface area (Å²) in [7, 11) is 1.52. The molecule has 0 atom stereocenters. The lowest BCUT2D eigenvalue weighted by molar-refractivity contribution is 0.122. The minimum atomic E-state index is -3.65. The van der Waals surface area contributed by atoms with E-state index in [1.165, 1.54) is 11.9 Å². The molecule has 1 aliphatic rings. The molecule has 0 aliphatic carbocycles. The van der Waals surface area contributed by atoms with Crippen molar-refractivity contribution in [2.24, 2.45) is 0 Å². The van der Waals surface area contributed by atoms with Crippen molar-refractivity contribution in [3.05, 3.63) is 30.0 Å². The van der Waals surface area contributed by atoms with Gasteiger partial charge < -0.3 is 19.9 Å². The molecule has 0 spiro atoms. The second-order valence-corrected chi connectivity index (χ2v) is 10.7.